The van der Waals surface area contributed by atoms with Crippen molar-refractivity contribution in [1.29, 1.82) is 0 Å². The molecule has 0 aliphatic rings. The molecule has 0 aromatic carbocycles. The molecule has 2 heterocycles. The van der Waals surface area contributed by atoms with Gasteiger partial charge in [-0.25, -0.2) is 0 Å². The van der Waals surface area contributed by atoms with Crippen LogP contribution in [-0.4, -0.2) is 27.1 Å². The molecule has 0 bridgehead atoms. The Morgan fingerprint density at radius 1 is 1.41 bits per heavy atom. The first-order valence-corrected chi connectivity index (χ1v) is 5.40. The van der Waals surface area contributed by atoms with Crippen molar-refractivity contribution in [2.45, 2.75) is 19.5 Å². The zero-order valence-corrected chi connectivity index (χ0v) is 9.87. The summed E-state index contributed by atoms with van der Waals surface area (Å²) in [6.07, 6.45) is 3.66. The van der Waals surface area contributed by atoms with Crippen LogP contribution >= 0.6 is 0 Å². The molecule has 0 amide bonds. The highest BCUT2D eigenvalue weighted by molar-refractivity contribution is 5.23. The number of nitrogens with two attached hydrogens (primary N) is 1. The lowest BCUT2D eigenvalue weighted by Crippen LogP contribution is -2.13. The van der Waals surface area contributed by atoms with Crippen LogP contribution in [0.2, 0.25) is 0 Å². The van der Waals surface area contributed by atoms with Crippen LogP contribution in [-0.2, 0) is 6.54 Å². The first-order chi connectivity index (χ1) is 8.24. The van der Waals surface area contributed by atoms with Gasteiger partial charge in [-0.3, -0.25) is 4.68 Å². The molecule has 0 saturated heterocycles. The minimum Gasteiger partial charge on any atom is -0.480 e. The zero-order valence-electron chi connectivity index (χ0n) is 9.87. The first kappa shape index (κ1) is 11.5. The Morgan fingerprint density at radius 2 is 2.24 bits per heavy atom. The van der Waals surface area contributed by atoms with E-state index in [0.29, 0.717) is 11.6 Å². The third-order valence-corrected chi connectivity index (χ3v) is 2.52. The van der Waals surface area contributed by atoms with Gasteiger partial charge in [-0.2, -0.15) is 5.10 Å². The summed E-state index contributed by atoms with van der Waals surface area (Å²) in [5.74, 6) is 0.477. The van der Waals surface area contributed by atoms with Gasteiger partial charge in [-0.05, 0) is 13.0 Å². The van der Waals surface area contributed by atoms with Crippen LogP contribution in [0.15, 0.2) is 24.5 Å². The Morgan fingerprint density at radius 3 is 2.76 bits per heavy atom. The predicted octanol–water partition coefficient (Wildman–Crippen LogP) is 0.750. The molecule has 0 saturated carbocycles. The molecule has 2 aromatic rings. The summed E-state index contributed by atoms with van der Waals surface area (Å²) < 4.78 is 6.77. The van der Waals surface area contributed by atoms with Gasteiger partial charge in [-0.1, -0.05) is 0 Å². The molecule has 17 heavy (non-hydrogen) atoms. The average Bonchev–Trinajstić information content (AvgIpc) is 2.87. The molecule has 6 nitrogen and oxygen atoms in total. The molecule has 0 fully saturated rings. The van der Waals surface area contributed by atoms with E-state index in [1.54, 1.807) is 25.4 Å². The highest BCUT2D eigenvalue weighted by Crippen LogP contribution is 2.17. The van der Waals surface area contributed by atoms with Gasteiger partial charge in [0, 0.05) is 24.4 Å². The largest absolute Gasteiger partial charge is 0.480 e. The number of hydrogen-bond acceptors (Lipinski definition) is 5. The minimum atomic E-state index is -0.311. The molecule has 2 N–H and O–H groups in total. The number of ether oxygens (including phenoxy) is 1. The summed E-state index contributed by atoms with van der Waals surface area (Å²) in [5.41, 5.74) is 7.70. The van der Waals surface area contributed by atoms with E-state index in [0.717, 1.165) is 12.1 Å². The smallest absolute Gasteiger partial charge is 0.233 e. The quantitative estimate of drug-likeness (QED) is 0.843. The van der Waals surface area contributed by atoms with Crippen molar-refractivity contribution in [2.24, 2.45) is 5.73 Å². The van der Waals surface area contributed by atoms with Crippen LogP contribution in [0.3, 0.4) is 0 Å². The third kappa shape index (κ3) is 2.42. The number of aryl methyl sites for hydroxylation is 1. The number of methoxy groups -OCH3 is 1. The fourth-order valence-electron chi connectivity index (χ4n) is 1.49. The summed E-state index contributed by atoms with van der Waals surface area (Å²) in [6, 6.07) is 3.24. The number of rotatable bonds is 4. The van der Waals surface area contributed by atoms with Gasteiger partial charge in [-0.15, -0.1) is 10.2 Å². The van der Waals surface area contributed by atoms with Crippen LogP contribution in [0.4, 0.5) is 0 Å². The van der Waals surface area contributed by atoms with Crippen LogP contribution in [0, 0.1) is 0 Å². The van der Waals surface area contributed by atoms with E-state index in [9.17, 15) is 0 Å². The molecule has 0 radical (unpaired) electrons. The number of nitrogens with zero attached hydrogens (tertiary/aromatic N) is 4. The third-order valence-electron chi connectivity index (χ3n) is 2.52. The molecule has 0 spiro atoms. The van der Waals surface area contributed by atoms with Crippen molar-refractivity contribution >= 4 is 0 Å². The first-order valence-electron chi connectivity index (χ1n) is 5.40. The van der Waals surface area contributed by atoms with Gasteiger partial charge in [0.2, 0.25) is 5.88 Å². The lowest BCUT2D eigenvalue weighted by Gasteiger charge is -2.08. The van der Waals surface area contributed by atoms with Crippen LogP contribution < -0.4 is 10.5 Å². The number of hydrogen-bond donors (Lipinski definition) is 1. The van der Waals surface area contributed by atoms with Gasteiger partial charge < -0.3 is 10.5 Å². The second-order valence-electron chi connectivity index (χ2n) is 3.61. The highest BCUT2D eigenvalue weighted by atomic mass is 16.5. The maximum atomic E-state index is 6.08. The molecule has 2 aromatic heterocycles. The average molecular weight is 233 g/mol. The molecule has 0 aliphatic heterocycles. The van der Waals surface area contributed by atoms with Crippen LogP contribution in [0.25, 0.3) is 0 Å². The number of aromatic nitrogens is 4. The molecule has 0 aliphatic carbocycles. The van der Waals surface area contributed by atoms with E-state index in [-0.39, 0.29) is 6.04 Å². The van der Waals surface area contributed by atoms with Gasteiger partial charge in [0.1, 0.15) is 0 Å². The van der Waals surface area contributed by atoms with Crippen molar-refractivity contribution < 1.29 is 4.74 Å². The second-order valence-corrected chi connectivity index (χ2v) is 3.61. The van der Waals surface area contributed by atoms with Crippen molar-refractivity contribution in [2.75, 3.05) is 7.11 Å². The summed E-state index contributed by atoms with van der Waals surface area (Å²) in [7, 11) is 1.55. The highest BCUT2D eigenvalue weighted by Gasteiger charge is 2.13. The monoisotopic (exact) mass is 233 g/mol. The molecular formula is C11H15N5O. The van der Waals surface area contributed by atoms with Gasteiger partial charge >= 0.3 is 0 Å². The predicted molar refractivity (Wildman–Crippen MR) is 62.5 cm³/mol. The molecule has 90 valence electrons. The van der Waals surface area contributed by atoms with Crippen molar-refractivity contribution in [3.63, 3.8) is 0 Å². The zero-order chi connectivity index (χ0) is 12.3. The maximum absolute atomic E-state index is 6.08. The van der Waals surface area contributed by atoms with E-state index in [2.05, 4.69) is 15.3 Å². The Balaban J connectivity index is 2.20. The second kappa shape index (κ2) is 4.92. The Labute approximate surface area is 99.4 Å². The molecular weight excluding hydrogens is 218 g/mol. The van der Waals surface area contributed by atoms with E-state index >= 15 is 0 Å². The van der Waals surface area contributed by atoms with Gasteiger partial charge in [0.25, 0.3) is 0 Å². The lowest BCUT2D eigenvalue weighted by atomic mass is 10.1. The maximum Gasteiger partial charge on any atom is 0.233 e. The SMILES string of the molecule is CCn1cc(C(N)c2ccc(OC)nn2)cn1. The molecule has 2 rings (SSSR count). The topological polar surface area (TPSA) is 78.9 Å². The summed E-state index contributed by atoms with van der Waals surface area (Å²) in [4.78, 5) is 0. The Kier molecular flexibility index (Phi) is 3.34. The fourth-order valence-corrected chi connectivity index (χ4v) is 1.49. The summed E-state index contributed by atoms with van der Waals surface area (Å²) >= 11 is 0. The van der Waals surface area contributed by atoms with Crippen molar-refractivity contribution in [3.8, 4) is 5.88 Å². The molecule has 6 heteroatoms. The van der Waals surface area contributed by atoms with Crippen molar-refractivity contribution in [1.82, 2.24) is 20.0 Å². The Hall–Kier alpha value is -1.95. The minimum absolute atomic E-state index is 0.311. The van der Waals surface area contributed by atoms with Crippen LogP contribution in [0.5, 0.6) is 5.88 Å². The van der Waals surface area contributed by atoms with Crippen LogP contribution in [0.1, 0.15) is 24.2 Å². The van der Waals surface area contributed by atoms with Gasteiger partial charge in [0.15, 0.2) is 0 Å². The van der Waals surface area contributed by atoms with E-state index in [1.807, 2.05) is 17.8 Å². The summed E-state index contributed by atoms with van der Waals surface area (Å²) in [6.45, 7) is 2.84. The standard InChI is InChI=1S/C11H15N5O/c1-3-16-7-8(6-13-16)11(12)9-4-5-10(17-2)15-14-9/h4-7,11H,3,12H2,1-2H3. The van der Waals surface area contributed by atoms with E-state index in [4.69, 9.17) is 10.5 Å². The normalized spacial score (nSPS) is 12.4. The van der Waals surface area contributed by atoms with E-state index < -0.39 is 0 Å². The molecule has 1 atom stereocenters. The van der Waals surface area contributed by atoms with Gasteiger partial charge in [0.05, 0.1) is 25.0 Å². The lowest BCUT2D eigenvalue weighted by molar-refractivity contribution is 0.390. The summed E-state index contributed by atoms with van der Waals surface area (Å²) in [5, 5.41) is 12.1. The Bertz CT molecular complexity index is 479. The van der Waals surface area contributed by atoms with Crippen molar-refractivity contribution in [3.05, 3.63) is 35.8 Å². The fraction of sp³-hybridized carbons (Fsp3) is 0.364. The molecule has 1 unspecified atom stereocenters. The van der Waals surface area contributed by atoms with E-state index in [1.165, 1.54) is 0 Å².